The fourth-order valence-corrected chi connectivity index (χ4v) is 4.97. The summed E-state index contributed by atoms with van der Waals surface area (Å²) in [5.41, 5.74) is 1.80. The van der Waals surface area contributed by atoms with Gasteiger partial charge in [0.15, 0.2) is 0 Å². The molecule has 0 amide bonds. The molecule has 34 heavy (non-hydrogen) atoms. The van der Waals surface area contributed by atoms with E-state index < -0.39 is 11.9 Å². The van der Waals surface area contributed by atoms with Crippen LogP contribution in [-0.4, -0.2) is 58.1 Å². The fourth-order valence-electron chi connectivity index (χ4n) is 3.87. The second-order valence-corrected chi connectivity index (χ2v) is 8.78. The molecule has 2 aromatic rings. The highest BCUT2D eigenvalue weighted by molar-refractivity contribution is 7.18. The van der Waals surface area contributed by atoms with Gasteiger partial charge in [0.25, 0.3) is 0 Å². The van der Waals surface area contributed by atoms with Crippen molar-refractivity contribution in [3.05, 3.63) is 45.8 Å². The third-order valence-electron chi connectivity index (χ3n) is 5.55. The van der Waals surface area contributed by atoms with Crippen LogP contribution in [0.4, 0.5) is 5.00 Å². The number of thiophene rings is 1. The van der Waals surface area contributed by atoms with Gasteiger partial charge in [-0.15, -0.1) is 11.3 Å². The Kier molecular flexibility index (Phi) is 9.74. The molecule has 1 aromatic heterocycles. The predicted octanol–water partition coefficient (Wildman–Crippen LogP) is 4.77. The Morgan fingerprint density at radius 3 is 2.47 bits per heavy atom. The fraction of sp³-hybridized carbons (Fsp3) is 0.520. The maximum atomic E-state index is 12.7. The summed E-state index contributed by atoms with van der Waals surface area (Å²) in [7, 11) is 1.63. The Bertz CT molecular complexity index is 968. The van der Waals surface area contributed by atoms with Gasteiger partial charge < -0.3 is 29.0 Å². The van der Waals surface area contributed by atoms with E-state index in [1.54, 1.807) is 27.9 Å². The maximum absolute atomic E-state index is 12.7. The molecule has 0 unspecified atom stereocenters. The van der Waals surface area contributed by atoms with Gasteiger partial charge in [0.05, 0.1) is 32.0 Å². The van der Waals surface area contributed by atoms with E-state index in [0.717, 1.165) is 24.2 Å². The van der Waals surface area contributed by atoms with Crippen LogP contribution < -0.4 is 10.1 Å². The minimum absolute atomic E-state index is 0.0511. The Labute approximate surface area is 204 Å². The summed E-state index contributed by atoms with van der Waals surface area (Å²) in [5.74, 6) is -0.210. The maximum Gasteiger partial charge on any atom is 0.348 e. The zero-order valence-corrected chi connectivity index (χ0v) is 21.0. The van der Waals surface area contributed by atoms with E-state index in [-0.39, 0.29) is 25.4 Å². The lowest BCUT2D eigenvalue weighted by atomic mass is 10.1. The van der Waals surface area contributed by atoms with Gasteiger partial charge in [-0.2, -0.15) is 0 Å². The summed E-state index contributed by atoms with van der Waals surface area (Å²) in [6.45, 7) is 7.41. The van der Waals surface area contributed by atoms with Gasteiger partial charge in [-0.3, -0.25) is 0 Å². The molecular formula is C25H33NO7S. The molecule has 9 heteroatoms. The molecule has 0 bridgehead atoms. The zero-order chi connectivity index (χ0) is 24.5. The second kappa shape index (κ2) is 12.7. The first kappa shape index (κ1) is 26.0. The van der Waals surface area contributed by atoms with Crippen LogP contribution >= 0.6 is 11.3 Å². The van der Waals surface area contributed by atoms with Crippen LogP contribution in [-0.2, 0) is 18.9 Å². The largest absolute Gasteiger partial charge is 0.496 e. The second-order valence-electron chi connectivity index (χ2n) is 7.76. The van der Waals surface area contributed by atoms with Gasteiger partial charge in [-0.25, -0.2) is 9.59 Å². The molecule has 186 valence electrons. The lowest BCUT2D eigenvalue weighted by Gasteiger charge is -2.29. The summed E-state index contributed by atoms with van der Waals surface area (Å²) in [5, 5.41) is 3.90. The third-order valence-corrected chi connectivity index (χ3v) is 6.78. The molecule has 1 aromatic carbocycles. The molecule has 1 fully saturated rings. The summed E-state index contributed by atoms with van der Waals surface area (Å²) in [6.07, 6.45) is 1.33. The molecule has 1 aliphatic heterocycles. The average Bonchev–Trinajstić information content (AvgIpc) is 3.18. The van der Waals surface area contributed by atoms with Crippen molar-refractivity contribution in [3.63, 3.8) is 0 Å². The Hall–Kier alpha value is -2.62. The normalized spacial score (nSPS) is 14.9. The lowest BCUT2D eigenvalue weighted by Crippen LogP contribution is -2.28. The molecule has 0 radical (unpaired) electrons. The molecule has 2 heterocycles. The number of methoxy groups -OCH3 is 1. The zero-order valence-electron chi connectivity index (χ0n) is 20.2. The summed E-state index contributed by atoms with van der Waals surface area (Å²) in [6, 6.07) is 7.72. The SMILES string of the molecule is CCOC(=O)c1sc(NC[C@H](OC2CCOCC2)c2ccccc2OC)c(C(=O)OCC)c1C. The van der Waals surface area contributed by atoms with Gasteiger partial charge in [0.1, 0.15) is 21.7 Å². The number of para-hydroxylation sites is 1. The van der Waals surface area contributed by atoms with Crippen LogP contribution in [0.1, 0.15) is 63.9 Å². The van der Waals surface area contributed by atoms with E-state index in [1.165, 1.54) is 11.3 Å². The minimum Gasteiger partial charge on any atom is -0.496 e. The quantitative estimate of drug-likeness (QED) is 0.450. The number of nitrogens with one attached hydrogen (secondary N) is 1. The van der Waals surface area contributed by atoms with Crippen LogP contribution in [0, 0.1) is 6.92 Å². The van der Waals surface area contributed by atoms with Gasteiger partial charge >= 0.3 is 11.9 Å². The molecule has 0 aliphatic carbocycles. The third kappa shape index (κ3) is 6.28. The number of ether oxygens (including phenoxy) is 5. The average molecular weight is 492 g/mol. The molecule has 3 rings (SSSR count). The molecule has 1 saturated heterocycles. The Morgan fingerprint density at radius 1 is 1.12 bits per heavy atom. The van der Waals surface area contributed by atoms with Crippen LogP contribution in [0.5, 0.6) is 5.75 Å². The number of carbonyl (C=O) groups excluding carboxylic acids is 2. The van der Waals surface area contributed by atoms with Crippen LogP contribution in [0.3, 0.4) is 0 Å². The smallest absolute Gasteiger partial charge is 0.348 e. The number of hydrogen-bond donors (Lipinski definition) is 1. The van der Waals surface area contributed by atoms with Crippen molar-refractivity contribution in [2.75, 3.05) is 45.4 Å². The number of esters is 2. The molecule has 1 N–H and O–H groups in total. The number of rotatable bonds is 11. The standard InChI is InChI=1S/C25H33NO7S/c1-5-31-24(27)21-16(3)22(25(28)32-6-2)34-23(21)26-15-20(33-17-11-13-30-14-12-17)18-9-7-8-10-19(18)29-4/h7-10,17,20,26H,5-6,11-15H2,1-4H3/t20-/m0/s1. The molecule has 0 saturated carbocycles. The van der Waals surface area contributed by atoms with E-state index in [2.05, 4.69) is 5.32 Å². The first-order valence-electron chi connectivity index (χ1n) is 11.6. The summed E-state index contributed by atoms with van der Waals surface area (Å²) >= 11 is 1.19. The minimum atomic E-state index is -0.478. The van der Waals surface area contributed by atoms with Crippen molar-refractivity contribution in [1.29, 1.82) is 0 Å². The highest BCUT2D eigenvalue weighted by Crippen LogP contribution is 2.36. The highest BCUT2D eigenvalue weighted by Gasteiger charge is 2.28. The summed E-state index contributed by atoms with van der Waals surface area (Å²) in [4.78, 5) is 25.6. The number of benzene rings is 1. The van der Waals surface area contributed by atoms with Gasteiger partial charge in [-0.05, 0) is 45.2 Å². The lowest BCUT2D eigenvalue weighted by molar-refractivity contribution is -0.0658. The Balaban J connectivity index is 1.90. The van der Waals surface area contributed by atoms with E-state index in [1.807, 2.05) is 24.3 Å². The number of anilines is 1. The number of carbonyl (C=O) groups is 2. The van der Waals surface area contributed by atoms with Crippen molar-refractivity contribution >= 4 is 28.3 Å². The first-order chi connectivity index (χ1) is 16.5. The molecule has 1 atom stereocenters. The van der Waals surface area contributed by atoms with Crippen molar-refractivity contribution in [2.45, 2.75) is 45.8 Å². The topological polar surface area (TPSA) is 92.3 Å². The van der Waals surface area contributed by atoms with Gasteiger partial charge in [0.2, 0.25) is 0 Å². The molecular weight excluding hydrogens is 458 g/mol. The monoisotopic (exact) mass is 491 g/mol. The van der Waals surface area contributed by atoms with Crippen molar-refractivity contribution in [3.8, 4) is 5.75 Å². The van der Waals surface area contributed by atoms with Crippen molar-refractivity contribution < 1.29 is 33.3 Å². The Morgan fingerprint density at radius 2 is 1.79 bits per heavy atom. The van der Waals surface area contributed by atoms with Crippen molar-refractivity contribution in [2.24, 2.45) is 0 Å². The van der Waals surface area contributed by atoms with Crippen LogP contribution in [0.15, 0.2) is 24.3 Å². The molecule has 1 aliphatic rings. The predicted molar refractivity (Wildman–Crippen MR) is 130 cm³/mol. The number of hydrogen-bond acceptors (Lipinski definition) is 9. The van der Waals surface area contributed by atoms with Gasteiger partial charge in [-0.1, -0.05) is 18.2 Å². The first-order valence-corrected chi connectivity index (χ1v) is 12.4. The van der Waals surface area contributed by atoms with E-state index in [9.17, 15) is 9.59 Å². The van der Waals surface area contributed by atoms with Crippen LogP contribution in [0.25, 0.3) is 0 Å². The molecule has 0 spiro atoms. The van der Waals surface area contributed by atoms with Crippen LogP contribution in [0.2, 0.25) is 0 Å². The van der Waals surface area contributed by atoms with Crippen molar-refractivity contribution in [1.82, 2.24) is 0 Å². The van der Waals surface area contributed by atoms with E-state index in [0.29, 0.717) is 40.8 Å². The summed E-state index contributed by atoms with van der Waals surface area (Å²) < 4.78 is 28.0. The molecule has 8 nitrogen and oxygen atoms in total. The van der Waals surface area contributed by atoms with E-state index in [4.69, 9.17) is 23.7 Å². The highest BCUT2D eigenvalue weighted by atomic mass is 32.1. The van der Waals surface area contributed by atoms with Gasteiger partial charge in [0, 0.05) is 25.3 Å². The van der Waals surface area contributed by atoms with E-state index >= 15 is 0 Å².